The molecular formula is C10H10BrN3. The van der Waals surface area contributed by atoms with Gasteiger partial charge in [0.25, 0.3) is 0 Å². The lowest BCUT2D eigenvalue weighted by Crippen LogP contribution is -1.95. The van der Waals surface area contributed by atoms with Crippen LogP contribution in [-0.2, 0) is 0 Å². The predicted octanol–water partition coefficient (Wildman–Crippen LogP) is 2.53. The Bertz CT molecular complexity index is 443. The molecule has 3 nitrogen and oxygen atoms in total. The summed E-state index contributed by atoms with van der Waals surface area (Å²) >= 11 is 3.41. The molecule has 0 saturated carbocycles. The fraction of sp³-hybridized carbons (Fsp3) is 0.100. The minimum atomic E-state index is 0.574. The van der Waals surface area contributed by atoms with Gasteiger partial charge in [0, 0.05) is 16.2 Å². The van der Waals surface area contributed by atoms with Crippen molar-refractivity contribution in [2.45, 2.75) is 6.92 Å². The molecular weight excluding hydrogens is 242 g/mol. The minimum Gasteiger partial charge on any atom is -0.382 e. The maximum Gasteiger partial charge on any atom is 0.148 e. The van der Waals surface area contributed by atoms with E-state index in [-0.39, 0.29) is 0 Å². The highest BCUT2D eigenvalue weighted by molar-refractivity contribution is 9.10. The normalized spacial score (nSPS) is 10.4. The summed E-state index contributed by atoms with van der Waals surface area (Å²) in [5, 5.41) is 4.20. The van der Waals surface area contributed by atoms with Gasteiger partial charge < -0.3 is 5.73 Å². The highest BCUT2D eigenvalue weighted by Gasteiger charge is 2.02. The van der Waals surface area contributed by atoms with Crippen molar-refractivity contribution < 1.29 is 0 Å². The summed E-state index contributed by atoms with van der Waals surface area (Å²) in [6, 6.07) is 7.92. The molecule has 4 heteroatoms. The van der Waals surface area contributed by atoms with Crippen molar-refractivity contribution in [1.82, 2.24) is 9.78 Å². The van der Waals surface area contributed by atoms with Gasteiger partial charge in [-0.25, -0.2) is 4.68 Å². The maximum atomic E-state index is 5.67. The molecule has 14 heavy (non-hydrogen) atoms. The second-order valence-electron chi connectivity index (χ2n) is 3.12. The number of nitrogens with zero attached hydrogens (tertiary/aromatic N) is 2. The number of rotatable bonds is 1. The van der Waals surface area contributed by atoms with Gasteiger partial charge in [0.1, 0.15) is 5.82 Å². The number of aromatic nitrogens is 2. The molecule has 0 aliphatic heterocycles. The van der Waals surface area contributed by atoms with Crippen LogP contribution in [0.1, 0.15) is 5.56 Å². The first-order valence-corrected chi connectivity index (χ1v) is 5.04. The molecule has 0 spiro atoms. The van der Waals surface area contributed by atoms with E-state index in [1.54, 1.807) is 4.68 Å². The lowest BCUT2D eigenvalue weighted by molar-refractivity contribution is 0.885. The standard InChI is InChI=1S/C10H10BrN3/c1-7-6-14(13-10(7)12)9-4-2-3-8(11)5-9/h2-6H,1H3,(H2,12,13). The van der Waals surface area contributed by atoms with Crippen molar-refractivity contribution in [2.75, 3.05) is 5.73 Å². The van der Waals surface area contributed by atoms with Gasteiger partial charge in [-0.2, -0.15) is 5.10 Å². The third kappa shape index (κ3) is 1.65. The number of halogens is 1. The van der Waals surface area contributed by atoms with Crippen LogP contribution in [0.2, 0.25) is 0 Å². The quantitative estimate of drug-likeness (QED) is 0.847. The second-order valence-corrected chi connectivity index (χ2v) is 4.04. The lowest BCUT2D eigenvalue weighted by Gasteiger charge is -2.00. The molecule has 0 aliphatic carbocycles. The zero-order valence-corrected chi connectivity index (χ0v) is 9.32. The van der Waals surface area contributed by atoms with E-state index >= 15 is 0 Å². The molecule has 2 aromatic rings. The molecule has 0 aliphatic rings. The molecule has 0 radical (unpaired) electrons. The van der Waals surface area contributed by atoms with Gasteiger partial charge in [-0.1, -0.05) is 22.0 Å². The SMILES string of the molecule is Cc1cn(-c2cccc(Br)c2)nc1N. The molecule has 1 aromatic carbocycles. The highest BCUT2D eigenvalue weighted by Crippen LogP contribution is 2.17. The number of benzene rings is 1. The van der Waals surface area contributed by atoms with E-state index in [0.717, 1.165) is 15.7 Å². The molecule has 1 heterocycles. The Morgan fingerprint density at radius 1 is 1.43 bits per heavy atom. The Morgan fingerprint density at radius 3 is 2.79 bits per heavy atom. The Kier molecular flexibility index (Phi) is 2.29. The summed E-state index contributed by atoms with van der Waals surface area (Å²) in [6.45, 7) is 1.94. The second kappa shape index (κ2) is 3.46. The van der Waals surface area contributed by atoms with Crippen molar-refractivity contribution in [3.8, 4) is 5.69 Å². The third-order valence-corrected chi connectivity index (χ3v) is 2.50. The van der Waals surface area contributed by atoms with E-state index in [4.69, 9.17) is 5.73 Å². The molecule has 0 saturated heterocycles. The van der Waals surface area contributed by atoms with Gasteiger partial charge >= 0.3 is 0 Å². The molecule has 1 aromatic heterocycles. The summed E-state index contributed by atoms with van der Waals surface area (Å²) < 4.78 is 2.80. The van der Waals surface area contributed by atoms with Gasteiger partial charge in [-0.05, 0) is 25.1 Å². The molecule has 0 amide bonds. The van der Waals surface area contributed by atoms with Gasteiger partial charge in [-0.3, -0.25) is 0 Å². The summed E-state index contributed by atoms with van der Waals surface area (Å²) in [7, 11) is 0. The third-order valence-electron chi connectivity index (χ3n) is 2.01. The van der Waals surface area contributed by atoms with Crippen molar-refractivity contribution in [3.63, 3.8) is 0 Å². The zero-order valence-electron chi connectivity index (χ0n) is 7.74. The molecule has 72 valence electrons. The van der Waals surface area contributed by atoms with Crippen LogP contribution in [0.4, 0.5) is 5.82 Å². The van der Waals surface area contributed by atoms with Crippen LogP contribution in [0.25, 0.3) is 5.69 Å². The van der Waals surface area contributed by atoms with Crippen molar-refractivity contribution in [2.24, 2.45) is 0 Å². The Hall–Kier alpha value is -1.29. The van der Waals surface area contributed by atoms with Gasteiger partial charge in [-0.15, -0.1) is 0 Å². The number of hydrogen-bond acceptors (Lipinski definition) is 2. The zero-order chi connectivity index (χ0) is 10.1. The first-order chi connectivity index (χ1) is 6.66. The average Bonchev–Trinajstić information content (AvgIpc) is 2.47. The fourth-order valence-electron chi connectivity index (χ4n) is 1.22. The van der Waals surface area contributed by atoms with Gasteiger partial charge in [0.15, 0.2) is 0 Å². The van der Waals surface area contributed by atoms with Gasteiger partial charge in [0.05, 0.1) is 5.69 Å². The minimum absolute atomic E-state index is 0.574. The molecule has 2 rings (SSSR count). The number of anilines is 1. The van der Waals surface area contributed by atoms with E-state index < -0.39 is 0 Å². The summed E-state index contributed by atoms with van der Waals surface area (Å²) in [5.41, 5.74) is 7.66. The van der Waals surface area contributed by atoms with Crippen LogP contribution in [0.5, 0.6) is 0 Å². The Balaban J connectivity index is 2.49. The van der Waals surface area contributed by atoms with Crippen LogP contribution >= 0.6 is 15.9 Å². The van der Waals surface area contributed by atoms with Crippen molar-refractivity contribution >= 4 is 21.7 Å². The summed E-state index contributed by atoms with van der Waals surface area (Å²) in [4.78, 5) is 0. The lowest BCUT2D eigenvalue weighted by atomic mass is 10.3. The molecule has 0 fully saturated rings. The smallest absolute Gasteiger partial charge is 0.148 e. The van der Waals surface area contributed by atoms with Crippen LogP contribution in [-0.4, -0.2) is 9.78 Å². The summed E-state index contributed by atoms with van der Waals surface area (Å²) in [6.07, 6.45) is 1.91. The topological polar surface area (TPSA) is 43.8 Å². The fourth-order valence-corrected chi connectivity index (χ4v) is 1.61. The van der Waals surface area contributed by atoms with E-state index in [0.29, 0.717) is 5.82 Å². The molecule has 0 unspecified atom stereocenters. The number of nitrogen functional groups attached to an aromatic ring is 1. The van der Waals surface area contributed by atoms with Crippen molar-refractivity contribution in [3.05, 3.63) is 40.5 Å². The Morgan fingerprint density at radius 2 is 2.21 bits per heavy atom. The van der Waals surface area contributed by atoms with Crippen LogP contribution in [0.15, 0.2) is 34.9 Å². The van der Waals surface area contributed by atoms with E-state index in [2.05, 4.69) is 21.0 Å². The number of nitrogens with two attached hydrogens (primary N) is 1. The van der Waals surface area contributed by atoms with Gasteiger partial charge in [0.2, 0.25) is 0 Å². The first kappa shape index (κ1) is 9.27. The molecule has 0 atom stereocenters. The average molecular weight is 252 g/mol. The van der Waals surface area contributed by atoms with Crippen LogP contribution in [0, 0.1) is 6.92 Å². The van der Waals surface area contributed by atoms with E-state index in [1.807, 2.05) is 37.4 Å². The van der Waals surface area contributed by atoms with E-state index in [9.17, 15) is 0 Å². The number of aryl methyl sites for hydroxylation is 1. The Labute approximate surface area is 90.7 Å². The van der Waals surface area contributed by atoms with Crippen LogP contribution in [0.3, 0.4) is 0 Å². The van der Waals surface area contributed by atoms with Crippen molar-refractivity contribution in [1.29, 1.82) is 0 Å². The summed E-state index contributed by atoms with van der Waals surface area (Å²) in [5.74, 6) is 0.574. The predicted molar refractivity (Wildman–Crippen MR) is 60.4 cm³/mol. The monoisotopic (exact) mass is 251 g/mol. The first-order valence-electron chi connectivity index (χ1n) is 4.24. The van der Waals surface area contributed by atoms with E-state index in [1.165, 1.54) is 0 Å². The molecule has 2 N–H and O–H groups in total. The maximum absolute atomic E-state index is 5.67. The number of hydrogen-bond donors (Lipinski definition) is 1. The highest BCUT2D eigenvalue weighted by atomic mass is 79.9. The largest absolute Gasteiger partial charge is 0.382 e. The van der Waals surface area contributed by atoms with Crippen LogP contribution < -0.4 is 5.73 Å². The molecule has 0 bridgehead atoms.